The first-order valence-corrected chi connectivity index (χ1v) is 8.96. The summed E-state index contributed by atoms with van der Waals surface area (Å²) in [5.74, 6) is 1.65. The monoisotopic (exact) mass is 284 g/mol. The summed E-state index contributed by atoms with van der Waals surface area (Å²) < 4.78 is 0. The van der Waals surface area contributed by atoms with Gasteiger partial charge >= 0.3 is 0 Å². The van der Waals surface area contributed by atoms with Crippen molar-refractivity contribution in [2.45, 2.75) is 89.9 Å². The van der Waals surface area contributed by atoms with Crippen LogP contribution in [0.5, 0.6) is 0 Å². The quantitative estimate of drug-likeness (QED) is 0.565. The Morgan fingerprint density at radius 1 is 0.857 bits per heavy atom. The Labute approximate surface area is 131 Å². The largest absolute Gasteiger partial charge is 0.0619 e. The minimum absolute atomic E-state index is 0.346. The van der Waals surface area contributed by atoms with E-state index in [2.05, 4.69) is 52.8 Å². The van der Waals surface area contributed by atoms with Gasteiger partial charge in [-0.05, 0) is 58.6 Å². The number of rotatable bonds is 1. The van der Waals surface area contributed by atoms with E-state index in [0.717, 1.165) is 11.8 Å². The molecule has 0 aliphatic heterocycles. The van der Waals surface area contributed by atoms with E-state index in [4.69, 9.17) is 0 Å². The average molecular weight is 284 g/mol. The molecule has 3 rings (SSSR count). The van der Waals surface area contributed by atoms with Crippen LogP contribution in [0, 0.1) is 5.92 Å². The minimum atomic E-state index is 0.346. The van der Waals surface area contributed by atoms with Crippen LogP contribution in [0.2, 0.25) is 0 Å². The second kappa shape index (κ2) is 5.14. The van der Waals surface area contributed by atoms with Crippen LogP contribution in [-0.2, 0) is 10.8 Å². The molecule has 1 aromatic rings. The zero-order chi connectivity index (χ0) is 15.3. The molecular weight excluding hydrogens is 252 g/mol. The van der Waals surface area contributed by atoms with Crippen molar-refractivity contribution < 1.29 is 0 Å². The second-order valence-corrected chi connectivity index (χ2v) is 8.94. The average Bonchev–Trinajstić information content (AvgIpc) is 2.44. The Morgan fingerprint density at radius 2 is 1.48 bits per heavy atom. The highest BCUT2D eigenvalue weighted by atomic mass is 14.4. The molecule has 0 spiro atoms. The van der Waals surface area contributed by atoms with Crippen LogP contribution in [0.3, 0.4) is 0 Å². The molecule has 2 aliphatic rings. The Bertz CT molecular complexity index is 521. The lowest BCUT2D eigenvalue weighted by molar-refractivity contribution is 0.321. The van der Waals surface area contributed by atoms with Gasteiger partial charge in [-0.15, -0.1) is 0 Å². The van der Waals surface area contributed by atoms with Crippen molar-refractivity contribution in [3.63, 3.8) is 0 Å². The normalized spacial score (nSPS) is 30.7. The fraction of sp³-hybridized carbons (Fsp3) is 0.714. The second-order valence-electron chi connectivity index (χ2n) is 8.94. The van der Waals surface area contributed by atoms with Crippen molar-refractivity contribution in [1.29, 1.82) is 0 Å². The van der Waals surface area contributed by atoms with Crippen LogP contribution in [0.15, 0.2) is 18.2 Å². The summed E-state index contributed by atoms with van der Waals surface area (Å²) in [7, 11) is 0. The van der Waals surface area contributed by atoms with Gasteiger partial charge in [-0.3, -0.25) is 0 Å². The molecule has 0 bridgehead atoms. The fourth-order valence-corrected chi connectivity index (χ4v) is 4.65. The molecule has 0 heteroatoms. The van der Waals surface area contributed by atoms with Crippen LogP contribution in [0.4, 0.5) is 0 Å². The summed E-state index contributed by atoms with van der Waals surface area (Å²) in [5, 5.41) is 0. The molecule has 116 valence electrons. The first-order chi connectivity index (χ1) is 9.81. The molecule has 2 atom stereocenters. The molecule has 0 aromatic heterocycles. The van der Waals surface area contributed by atoms with Crippen molar-refractivity contribution in [2.24, 2.45) is 5.92 Å². The third kappa shape index (κ3) is 2.67. The topological polar surface area (TPSA) is 0 Å². The Kier molecular flexibility index (Phi) is 3.71. The molecule has 2 aliphatic carbocycles. The van der Waals surface area contributed by atoms with E-state index in [1.54, 1.807) is 16.7 Å². The van der Waals surface area contributed by atoms with Gasteiger partial charge in [0.05, 0.1) is 0 Å². The smallest absolute Gasteiger partial charge is 0.0100 e. The fourth-order valence-electron chi connectivity index (χ4n) is 4.65. The van der Waals surface area contributed by atoms with Gasteiger partial charge in [0.2, 0.25) is 0 Å². The van der Waals surface area contributed by atoms with Crippen LogP contribution >= 0.6 is 0 Å². The summed E-state index contributed by atoms with van der Waals surface area (Å²) in [6.07, 6.45) is 8.28. The molecule has 1 aromatic carbocycles. The molecule has 2 unspecified atom stereocenters. The molecule has 1 saturated carbocycles. The zero-order valence-electron chi connectivity index (χ0n) is 14.6. The molecule has 0 nitrogen and oxygen atoms in total. The summed E-state index contributed by atoms with van der Waals surface area (Å²) >= 11 is 0. The van der Waals surface area contributed by atoms with E-state index < -0.39 is 0 Å². The number of hydrogen-bond acceptors (Lipinski definition) is 0. The first kappa shape index (κ1) is 15.1. The van der Waals surface area contributed by atoms with Crippen LogP contribution in [0.25, 0.3) is 0 Å². The number of fused-ring (bicyclic) bond motifs is 1. The van der Waals surface area contributed by atoms with Gasteiger partial charge in [0.25, 0.3) is 0 Å². The van der Waals surface area contributed by atoms with Gasteiger partial charge in [-0.2, -0.15) is 0 Å². The van der Waals surface area contributed by atoms with Gasteiger partial charge in [0.1, 0.15) is 0 Å². The maximum absolute atomic E-state index is 2.59. The SMILES string of the molecule is CC1CCCCC1c1ccc2c(c1)C(C)(C)CCC2(C)C. The predicted octanol–water partition coefficient (Wildman–Crippen LogP) is 6.33. The van der Waals surface area contributed by atoms with Crippen molar-refractivity contribution in [3.8, 4) is 0 Å². The van der Waals surface area contributed by atoms with E-state index in [1.807, 2.05) is 0 Å². The Hall–Kier alpha value is -0.780. The third-order valence-electron chi connectivity index (χ3n) is 6.42. The molecule has 0 amide bonds. The highest BCUT2D eigenvalue weighted by molar-refractivity contribution is 5.44. The summed E-state index contributed by atoms with van der Waals surface area (Å²) in [6, 6.07) is 7.50. The van der Waals surface area contributed by atoms with E-state index in [0.29, 0.717) is 10.8 Å². The molecule has 21 heavy (non-hydrogen) atoms. The lowest BCUT2D eigenvalue weighted by atomic mass is 9.62. The molecular formula is C21H32. The van der Waals surface area contributed by atoms with Crippen LogP contribution in [0.1, 0.15) is 95.8 Å². The lowest BCUT2D eigenvalue weighted by Gasteiger charge is -2.42. The van der Waals surface area contributed by atoms with Crippen LogP contribution in [-0.4, -0.2) is 0 Å². The molecule has 0 saturated heterocycles. The van der Waals surface area contributed by atoms with E-state index in [-0.39, 0.29) is 0 Å². The van der Waals surface area contributed by atoms with Crippen molar-refractivity contribution in [2.75, 3.05) is 0 Å². The summed E-state index contributed by atoms with van der Waals surface area (Å²) in [5.41, 5.74) is 5.55. The third-order valence-corrected chi connectivity index (χ3v) is 6.42. The first-order valence-electron chi connectivity index (χ1n) is 8.96. The van der Waals surface area contributed by atoms with E-state index in [9.17, 15) is 0 Å². The number of hydrogen-bond donors (Lipinski definition) is 0. The summed E-state index contributed by atoms with van der Waals surface area (Å²) in [6.45, 7) is 12.2. The molecule has 0 radical (unpaired) electrons. The van der Waals surface area contributed by atoms with E-state index >= 15 is 0 Å². The molecule has 0 heterocycles. The zero-order valence-corrected chi connectivity index (χ0v) is 14.6. The van der Waals surface area contributed by atoms with Crippen LogP contribution < -0.4 is 0 Å². The standard InChI is InChI=1S/C21H32/c1-15-8-6-7-9-17(15)16-10-11-18-19(14-16)21(4,5)13-12-20(18,2)3/h10-11,14-15,17H,6-9,12-13H2,1-5H3. The van der Waals surface area contributed by atoms with Crippen molar-refractivity contribution >= 4 is 0 Å². The Balaban J connectivity index is 2.03. The van der Waals surface area contributed by atoms with Crippen molar-refractivity contribution in [1.82, 2.24) is 0 Å². The van der Waals surface area contributed by atoms with E-state index in [1.165, 1.54) is 38.5 Å². The van der Waals surface area contributed by atoms with Gasteiger partial charge in [-0.25, -0.2) is 0 Å². The van der Waals surface area contributed by atoms with Gasteiger partial charge in [0.15, 0.2) is 0 Å². The maximum Gasteiger partial charge on any atom is -0.0100 e. The lowest BCUT2D eigenvalue weighted by Crippen LogP contribution is -2.34. The summed E-state index contributed by atoms with van der Waals surface area (Å²) in [4.78, 5) is 0. The molecule has 0 N–H and O–H groups in total. The number of benzene rings is 1. The Morgan fingerprint density at radius 3 is 2.14 bits per heavy atom. The predicted molar refractivity (Wildman–Crippen MR) is 92.1 cm³/mol. The highest BCUT2D eigenvalue weighted by Gasteiger charge is 2.37. The van der Waals surface area contributed by atoms with Gasteiger partial charge in [0, 0.05) is 0 Å². The maximum atomic E-state index is 2.59. The van der Waals surface area contributed by atoms with Gasteiger partial charge in [-0.1, -0.05) is 72.1 Å². The van der Waals surface area contributed by atoms with Gasteiger partial charge < -0.3 is 0 Å². The van der Waals surface area contributed by atoms with Crippen molar-refractivity contribution in [3.05, 3.63) is 34.9 Å². The minimum Gasteiger partial charge on any atom is -0.0619 e. The highest BCUT2D eigenvalue weighted by Crippen LogP contribution is 2.47. The molecule has 1 fully saturated rings.